The Balaban J connectivity index is 1.70. The summed E-state index contributed by atoms with van der Waals surface area (Å²) < 4.78 is 99.4. The Kier molecular flexibility index (Phi) is 7.27. The Morgan fingerprint density at radius 1 is 1.03 bits per heavy atom. The van der Waals surface area contributed by atoms with E-state index in [4.69, 9.17) is 16.3 Å². The first kappa shape index (κ1) is 28.3. The summed E-state index contributed by atoms with van der Waals surface area (Å²) in [7, 11) is 0. The minimum Gasteiger partial charge on any atom is -0.439 e. The smallest absolute Gasteiger partial charge is 0.416 e. The van der Waals surface area contributed by atoms with Gasteiger partial charge in [0.15, 0.2) is 0 Å². The van der Waals surface area contributed by atoms with Crippen LogP contribution in [0.4, 0.5) is 35.5 Å². The molecule has 0 N–H and O–H groups in total. The van der Waals surface area contributed by atoms with E-state index >= 15 is 0 Å². The van der Waals surface area contributed by atoms with Gasteiger partial charge in [-0.2, -0.15) is 26.3 Å². The highest BCUT2D eigenvalue weighted by molar-refractivity contribution is 6.30. The summed E-state index contributed by atoms with van der Waals surface area (Å²) in [6, 6.07) is 4.69. The number of carbonyl (C=O) groups is 1. The molecule has 11 heteroatoms. The predicted molar refractivity (Wildman–Crippen MR) is 128 cm³/mol. The summed E-state index contributed by atoms with van der Waals surface area (Å²) in [6.07, 6.45) is -10.2. The molecule has 1 saturated heterocycles. The van der Waals surface area contributed by atoms with Crippen LogP contribution in [0.1, 0.15) is 68.4 Å². The second-order valence-corrected chi connectivity index (χ2v) is 11.0. The fourth-order valence-electron chi connectivity index (χ4n) is 5.10. The fourth-order valence-corrected chi connectivity index (χ4v) is 5.29. The Morgan fingerprint density at radius 3 is 2.18 bits per heavy atom. The molecule has 0 unspecified atom stereocenters. The normalized spacial score (nSPS) is 22.2. The molecule has 2 aromatic carbocycles. The number of nitrogens with zero attached hydrogens (tertiary/aromatic N) is 1. The van der Waals surface area contributed by atoms with Crippen LogP contribution in [0.25, 0.3) is 5.57 Å². The maximum absolute atomic E-state index is 13.8. The second kappa shape index (κ2) is 9.77. The van der Waals surface area contributed by atoms with Gasteiger partial charge in [0.25, 0.3) is 0 Å². The SMILES string of the molecule is C[C@H]1[C@@H](c2cc(C(F)(F)F)cc(C(F)(F)F)c2)OC(=O)N1CC1=C(c2ccc(F)c(Cl)c2)CCC(C)(C)C1. The molecule has 1 amide bonds. The van der Waals surface area contributed by atoms with E-state index < -0.39 is 47.5 Å². The Labute approximate surface area is 220 Å². The monoisotopic (exact) mass is 563 g/mol. The van der Waals surface area contributed by atoms with Gasteiger partial charge in [0.05, 0.1) is 22.2 Å². The third kappa shape index (κ3) is 5.80. The average molecular weight is 564 g/mol. The number of carbonyl (C=O) groups excluding carboxylic acids is 1. The van der Waals surface area contributed by atoms with Crippen molar-refractivity contribution < 1.29 is 40.3 Å². The van der Waals surface area contributed by atoms with Gasteiger partial charge >= 0.3 is 18.4 Å². The second-order valence-electron chi connectivity index (χ2n) is 10.6. The van der Waals surface area contributed by atoms with Crippen LogP contribution in [0.5, 0.6) is 0 Å². The molecular formula is C27H25ClF7NO2. The van der Waals surface area contributed by atoms with E-state index in [0.717, 1.165) is 17.6 Å². The number of rotatable bonds is 4. The highest BCUT2D eigenvalue weighted by atomic mass is 35.5. The standard InChI is InChI=1S/C27H25ClF7NO2/c1-14-23(16-8-18(26(30,31)32)11-19(9-16)27(33,34)35)38-24(37)36(14)13-17-12-25(2,3)7-6-20(17)15-4-5-22(29)21(28)10-15/h4-5,8-11,14,23H,6-7,12-13H2,1-3H3/t14-,23-/m0/s1. The number of hydrogen-bond donors (Lipinski definition) is 0. The third-order valence-corrected chi connectivity index (χ3v) is 7.42. The van der Waals surface area contributed by atoms with Crippen LogP contribution in [-0.4, -0.2) is 23.6 Å². The lowest BCUT2D eigenvalue weighted by Crippen LogP contribution is -2.35. The van der Waals surface area contributed by atoms with E-state index in [1.54, 1.807) is 6.07 Å². The molecule has 0 spiro atoms. The molecule has 38 heavy (non-hydrogen) atoms. The lowest BCUT2D eigenvalue weighted by atomic mass is 9.72. The summed E-state index contributed by atoms with van der Waals surface area (Å²) in [4.78, 5) is 14.2. The fraction of sp³-hybridized carbons (Fsp3) is 0.444. The highest BCUT2D eigenvalue weighted by Gasteiger charge is 2.44. The molecule has 1 aliphatic carbocycles. The van der Waals surface area contributed by atoms with E-state index in [2.05, 4.69) is 13.8 Å². The van der Waals surface area contributed by atoms with E-state index in [1.165, 1.54) is 24.0 Å². The van der Waals surface area contributed by atoms with E-state index in [0.29, 0.717) is 30.5 Å². The summed E-state index contributed by atoms with van der Waals surface area (Å²) in [5.41, 5.74) is -1.07. The van der Waals surface area contributed by atoms with Crippen molar-refractivity contribution >= 4 is 23.3 Å². The van der Waals surface area contributed by atoms with Crippen molar-refractivity contribution in [3.05, 3.63) is 75.1 Å². The topological polar surface area (TPSA) is 29.5 Å². The summed E-state index contributed by atoms with van der Waals surface area (Å²) >= 11 is 5.99. The summed E-state index contributed by atoms with van der Waals surface area (Å²) in [5, 5.41) is -0.0572. The Morgan fingerprint density at radius 2 is 1.63 bits per heavy atom. The zero-order chi connectivity index (χ0) is 28.2. The van der Waals surface area contributed by atoms with Gasteiger partial charge in [0.1, 0.15) is 11.9 Å². The van der Waals surface area contributed by atoms with Crippen LogP contribution in [0.3, 0.4) is 0 Å². The zero-order valence-corrected chi connectivity index (χ0v) is 21.5. The number of amides is 1. The van der Waals surface area contributed by atoms with Crippen LogP contribution in [0, 0.1) is 11.2 Å². The number of benzene rings is 2. The Hall–Kier alpha value is -2.75. The summed E-state index contributed by atoms with van der Waals surface area (Å²) in [6.45, 7) is 5.68. The molecule has 3 nitrogen and oxygen atoms in total. The van der Waals surface area contributed by atoms with Gasteiger partial charge in [-0.3, -0.25) is 4.90 Å². The molecule has 206 valence electrons. The lowest BCUT2D eigenvalue weighted by Gasteiger charge is -2.35. The first-order chi connectivity index (χ1) is 17.5. The first-order valence-corrected chi connectivity index (χ1v) is 12.3. The molecule has 0 aromatic heterocycles. The van der Waals surface area contributed by atoms with E-state index in [-0.39, 0.29) is 28.6 Å². The van der Waals surface area contributed by atoms with Crippen molar-refractivity contribution in [2.45, 2.75) is 64.5 Å². The van der Waals surface area contributed by atoms with Crippen LogP contribution in [0.15, 0.2) is 42.0 Å². The molecule has 1 fully saturated rings. The maximum atomic E-state index is 13.8. The molecular weight excluding hydrogens is 539 g/mol. The van der Waals surface area contributed by atoms with Crippen molar-refractivity contribution in [1.82, 2.24) is 4.90 Å². The van der Waals surface area contributed by atoms with Crippen LogP contribution < -0.4 is 0 Å². The van der Waals surface area contributed by atoms with Crippen molar-refractivity contribution in [3.63, 3.8) is 0 Å². The third-order valence-electron chi connectivity index (χ3n) is 7.13. The molecule has 2 aromatic rings. The molecule has 0 radical (unpaired) electrons. The van der Waals surface area contributed by atoms with Gasteiger partial charge in [0, 0.05) is 6.54 Å². The van der Waals surface area contributed by atoms with Gasteiger partial charge in [-0.15, -0.1) is 0 Å². The highest BCUT2D eigenvalue weighted by Crippen LogP contribution is 2.45. The molecule has 1 heterocycles. The first-order valence-electron chi connectivity index (χ1n) is 11.9. The van der Waals surface area contributed by atoms with Crippen molar-refractivity contribution in [1.29, 1.82) is 0 Å². The number of hydrogen-bond acceptors (Lipinski definition) is 2. The number of alkyl halides is 6. The van der Waals surface area contributed by atoms with Gasteiger partial charge in [-0.1, -0.05) is 31.5 Å². The summed E-state index contributed by atoms with van der Waals surface area (Å²) in [5.74, 6) is -0.576. The van der Waals surface area contributed by atoms with Gasteiger partial charge in [-0.05, 0) is 84.2 Å². The average Bonchev–Trinajstić information content (AvgIpc) is 3.07. The van der Waals surface area contributed by atoms with Gasteiger partial charge in [-0.25, -0.2) is 9.18 Å². The molecule has 1 aliphatic heterocycles. The molecule has 2 aliphatic rings. The Bertz CT molecular complexity index is 1250. The largest absolute Gasteiger partial charge is 0.439 e. The van der Waals surface area contributed by atoms with E-state index in [9.17, 15) is 35.5 Å². The minimum absolute atomic E-state index is 0.0394. The van der Waals surface area contributed by atoms with Crippen LogP contribution in [0.2, 0.25) is 5.02 Å². The van der Waals surface area contributed by atoms with Crippen molar-refractivity contribution in [3.8, 4) is 0 Å². The number of allylic oxidation sites excluding steroid dienone is 1. The van der Waals surface area contributed by atoms with Gasteiger partial charge in [0.2, 0.25) is 0 Å². The maximum Gasteiger partial charge on any atom is 0.416 e. The molecule has 0 bridgehead atoms. The zero-order valence-electron chi connectivity index (χ0n) is 20.7. The van der Waals surface area contributed by atoms with E-state index in [1.807, 2.05) is 0 Å². The number of ether oxygens (including phenoxy) is 1. The molecule has 0 saturated carbocycles. The van der Waals surface area contributed by atoms with Crippen LogP contribution >= 0.6 is 11.6 Å². The lowest BCUT2D eigenvalue weighted by molar-refractivity contribution is -0.143. The minimum atomic E-state index is -5.02. The van der Waals surface area contributed by atoms with Gasteiger partial charge < -0.3 is 4.74 Å². The van der Waals surface area contributed by atoms with Crippen LogP contribution in [-0.2, 0) is 17.1 Å². The predicted octanol–water partition coefficient (Wildman–Crippen LogP) is 9.06. The quantitative estimate of drug-likeness (QED) is 0.347. The number of halogens is 8. The van der Waals surface area contributed by atoms with Crippen molar-refractivity contribution in [2.75, 3.05) is 6.54 Å². The molecule has 4 rings (SSSR count). The van der Waals surface area contributed by atoms with Crippen molar-refractivity contribution in [2.24, 2.45) is 5.41 Å². The number of cyclic esters (lactones) is 1. The molecule has 2 atom stereocenters.